The van der Waals surface area contributed by atoms with Crippen molar-refractivity contribution in [1.82, 2.24) is 9.80 Å². The summed E-state index contributed by atoms with van der Waals surface area (Å²) in [5.41, 5.74) is 1.85. The van der Waals surface area contributed by atoms with Gasteiger partial charge in [0.05, 0.1) is 12.7 Å². The molecule has 2 aliphatic heterocycles. The maximum absolute atomic E-state index is 12.6. The first-order valence-corrected chi connectivity index (χ1v) is 8.47. The number of amides is 1. The maximum atomic E-state index is 12.6. The highest BCUT2D eigenvalue weighted by molar-refractivity contribution is 5.94. The number of ether oxygens (including phenoxy) is 2. The number of benzene rings is 1. The smallest absolute Gasteiger partial charge is 0.253 e. The summed E-state index contributed by atoms with van der Waals surface area (Å²) in [6, 6.07) is 7.72. The summed E-state index contributed by atoms with van der Waals surface area (Å²) in [6.45, 7) is 5.96. The zero-order valence-corrected chi connectivity index (χ0v) is 13.9. The molecule has 5 heteroatoms. The number of piperazine rings is 1. The van der Waals surface area contributed by atoms with E-state index < -0.39 is 0 Å². The molecule has 0 saturated carbocycles. The van der Waals surface area contributed by atoms with Crippen molar-refractivity contribution in [3.05, 3.63) is 35.4 Å². The molecule has 0 bridgehead atoms. The molecular weight excluding hydrogens is 292 g/mol. The summed E-state index contributed by atoms with van der Waals surface area (Å²) >= 11 is 0. The third-order valence-electron chi connectivity index (χ3n) is 4.66. The van der Waals surface area contributed by atoms with Gasteiger partial charge in [-0.15, -0.1) is 0 Å². The molecule has 23 heavy (non-hydrogen) atoms. The molecule has 2 fully saturated rings. The molecular formula is C18H26N2O3. The largest absolute Gasteiger partial charge is 0.380 e. The lowest BCUT2D eigenvalue weighted by molar-refractivity contribution is 0.0432. The summed E-state index contributed by atoms with van der Waals surface area (Å²) in [6.07, 6.45) is 2.75. The molecule has 0 aliphatic carbocycles. The molecule has 1 aromatic carbocycles. The van der Waals surface area contributed by atoms with Crippen LogP contribution >= 0.6 is 0 Å². The number of carbonyl (C=O) groups excluding carboxylic acids is 1. The summed E-state index contributed by atoms with van der Waals surface area (Å²) in [5, 5.41) is 0. The van der Waals surface area contributed by atoms with Gasteiger partial charge in [0.25, 0.3) is 5.91 Å². The number of carbonyl (C=O) groups is 1. The van der Waals surface area contributed by atoms with Crippen LogP contribution in [0.2, 0.25) is 0 Å². The van der Waals surface area contributed by atoms with Crippen LogP contribution in [-0.4, -0.2) is 68.3 Å². The van der Waals surface area contributed by atoms with Crippen molar-refractivity contribution in [2.75, 3.05) is 46.4 Å². The van der Waals surface area contributed by atoms with E-state index in [4.69, 9.17) is 9.47 Å². The number of rotatable bonds is 5. The molecule has 0 spiro atoms. The second kappa shape index (κ2) is 7.90. The first-order chi connectivity index (χ1) is 11.3. The van der Waals surface area contributed by atoms with E-state index in [0.29, 0.717) is 12.7 Å². The molecule has 0 aromatic heterocycles. The fourth-order valence-corrected chi connectivity index (χ4v) is 3.30. The van der Waals surface area contributed by atoms with Crippen LogP contribution in [0.5, 0.6) is 0 Å². The maximum Gasteiger partial charge on any atom is 0.253 e. The highest BCUT2D eigenvalue weighted by Gasteiger charge is 2.25. The van der Waals surface area contributed by atoms with Crippen molar-refractivity contribution in [1.29, 1.82) is 0 Å². The Labute approximate surface area is 138 Å². The van der Waals surface area contributed by atoms with Crippen LogP contribution in [0.3, 0.4) is 0 Å². The van der Waals surface area contributed by atoms with Crippen LogP contribution in [-0.2, 0) is 16.1 Å². The lowest BCUT2D eigenvalue weighted by Gasteiger charge is -2.35. The number of methoxy groups -OCH3 is 1. The highest BCUT2D eigenvalue weighted by Crippen LogP contribution is 2.15. The van der Waals surface area contributed by atoms with E-state index in [2.05, 4.69) is 4.90 Å². The summed E-state index contributed by atoms with van der Waals surface area (Å²) in [4.78, 5) is 16.9. The Morgan fingerprint density at radius 1 is 1.22 bits per heavy atom. The monoisotopic (exact) mass is 318 g/mol. The van der Waals surface area contributed by atoms with E-state index in [0.717, 1.165) is 50.5 Å². The van der Waals surface area contributed by atoms with Crippen molar-refractivity contribution >= 4 is 5.91 Å². The first kappa shape index (κ1) is 16.4. The minimum atomic E-state index is 0.130. The van der Waals surface area contributed by atoms with Crippen LogP contribution in [0.25, 0.3) is 0 Å². The zero-order chi connectivity index (χ0) is 16.1. The Kier molecular flexibility index (Phi) is 5.65. The predicted molar refractivity (Wildman–Crippen MR) is 88.5 cm³/mol. The van der Waals surface area contributed by atoms with Gasteiger partial charge in [-0.2, -0.15) is 0 Å². The van der Waals surface area contributed by atoms with E-state index in [9.17, 15) is 4.79 Å². The normalized spacial score (nSPS) is 22.5. The average molecular weight is 318 g/mol. The minimum absolute atomic E-state index is 0.130. The molecule has 5 nitrogen and oxygen atoms in total. The summed E-state index contributed by atoms with van der Waals surface area (Å²) in [5.74, 6) is 0.130. The molecule has 1 unspecified atom stereocenters. The molecule has 126 valence electrons. The quantitative estimate of drug-likeness (QED) is 0.830. The third kappa shape index (κ3) is 4.31. The van der Waals surface area contributed by atoms with Crippen LogP contribution in [0, 0.1) is 0 Å². The number of hydrogen-bond acceptors (Lipinski definition) is 4. The van der Waals surface area contributed by atoms with Gasteiger partial charge in [0.1, 0.15) is 0 Å². The van der Waals surface area contributed by atoms with Gasteiger partial charge in [-0.3, -0.25) is 9.69 Å². The average Bonchev–Trinajstić information content (AvgIpc) is 3.09. The molecule has 1 aromatic rings. The second-order valence-corrected chi connectivity index (χ2v) is 6.36. The summed E-state index contributed by atoms with van der Waals surface area (Å²) < 4.78 is 10.8. The molecule has 0 radical (unpaired) electrons. The molecule has 3 rings (SSSR count). The number of nitrogens with zero attached hydrogens (tertiary/aromatic N) is 2. The van der Waals surface area contributed by atoms with Gasteiger partial charge in [0, 0.05) is 52.0 Å². The van der Waals surface area contributed by atoms with Crippen LogP contribution in [0.1, 0.15) is 28.8 Å². The lowest BCUT2D eigenvalue weighted by Crippen LogP contribution is -2.50. The fourth-order valence-electron chi connectivity index (χ4n) is 3.30. The first-order valence-electron chi connectivity index (χ1n) is 8.47. The Morgan fingerprint density at radius 3 is 2.57 bits per heavy atom. The number of hydrogen-bond donors (Lipinski definition) is 0. The van der Waals surface area contributed by atoms with E-state index in [-0.39, 0.29) is 5.91 Å². The van der Waals surface area contributed by atoms with Crippen molar-refractivity contribution in [2.45, 2.75) is 25.6 Å². The molecule has 0 N–H and O–H groups in total. The van der Waals surface area contributed by atoms with Gasteiger partial charge < -0.3 is 14.4 Å². The van der Waals surface area contributed by atoms with Crippen LogP contribution in [0.4, 0.5) is 0 Å². The Hall–Kier alpha value is -1.43. The van der Waals surface area contributed by atoms with E-state index >= 15 is 0 Å². The minimum Gasteiger partial charge on any atom is -0.380 e. The van der Waals surface area contributed by atoms with Gasteiger partial charge in [0.2, 0.25) is 0 Å². The van der Waals surface area contributed by atoms with Crippen molar-refractivity contribution in [3.63, 3.8) is 0 Å². The highest BCUT2D eigenvalue weighted by atomic mass is 16.5. The fraction of sp³-hybridized carbons (Fsp3) is 0.611. The zero-order valence-electron chi connectivity index (χ0n) is 13.9. The standard InChI is InChI=1S/C18H26N2O3/c1-22-14-15-4-6-16(7-5-15)18(21)20-10-8-19(9-11-20)13-17-3-2-12-23-17/h4-7,17H,2-3,8-14H2,1H3. The third-order valence-corrected chi connectivity index (χ3v) is 4.66. The lowest BCUT2D eigenvalue weighted by atomic mass is 10.1. The molecule has 2 heterocycles. The van der Waals surface area contributed by atoms with Gasteiger partial charge in [-0.25, -0.2) is 0 Å². The topological polar surface area (TPSA) is 42.0 Å². The van der Waals surface area contributed by atoms with Crippen molar-refractivity contribution < 1.29 is 14.3 Å². The van der Waals surface area contributed by atoms with E-state index in [1.165, 1.54) is 12.8 Å². The van der Waals surface area contributed by atoms with E-state index in [1.807, 2.05) is 29.2 Å². The Morgan fingerprint density at radius 2 is 1.96 bits per heavy atom. The van der Waals surface area contributed by atoms with Crippen LogP contribution < -0.4 is 0 Å². The molecule has 2 saturated heterocycles. The van der Waals surface area contributed by atoms with E-state index in [1.54, 1.807) is 7.11 Å². The molecule has 1 atom stereocenters. The van der Waals surface area contributed by atoms with Crippen molar-refractivity contribution in [2.24, 2.45) is 0 Å². The Bertz CT molecular complexity index is 504. The molecule has 1 amide bonds. The predicted octanol–water partition coefficient (Wildman–Crippen LogP) is 1.77. The van der Waals surface area contributed by atoms with Gasteiger partial charge in [-0.1, -0.05) is 12.1 Å². The van der Waals surface area contributed by atoms with Crippen molar-refractivity contribution in [3.8, 4) is 0 Å². The van der Waals surface area contributed by atoms with Crippen LogP contribution in [0.15, 0.2) is 24.3 Å². The van der Waals surface area contributed by atoms with Gasteiger partial charge >= 0.3 is 0 Å². The summed E-state index contributed by atoms with van der Waals surface area (Å²) in [7, 11) is 1.68. The SMILES string of the molecule is COCc1ccc(C(=O)N2CCN(CC3CCCO3)CC2)cc1. The van der Waals surface area contributed by atoms with Gasteiger partial charge in [-0.05, 0) is 30.5 Å². The molecule has 2 aliphatic rings. The van der Waals surface area contributed by atoms with Gasteiger partial charge in [0.15, 0.2) is 0 Å². The second-order valence-electron chi connectivity index (χ2n) is 6.36. The Balaban J connectivity index is 1.49.